The Morgan fingerprint density at radius 2 is 2.12 bits per heavy atom. The second kappa shape index (κ2) is 9.26. The first-order valence-corrected chi connectivity index (χ1v) is 11.7. The SMILES string of the molecule is COC(=O)COc1cc([C@H]2SC(C)=Nc3c2c(=O)[nH]n3[C@H]2CCOC(C)(C)C2)ccc1OC. The average Bonchev–Trinajstić information content (AvgIpc) is 3.12. The number of thioether (sulfide) groups is 1. The molecule has 0 bridgehead atoms. The first-order valence-electron chi connectivity index (χ1n) is 10.8. The summed E-state index contributed by atoms with van der Waals surface area (Å²) in [6, 6.07) is 5.57. The van der Waals surface area contributed by atoms with E-state index in [-0.39, 0.29) is 29.1 Å². The third-order valence-corrected chi connectivity index (χ3v) is 7.03. The number of H-pyrrole nitrogens is 1. The molecule has 1 fully saturated rings. The van der Waals surface area contributed by atoms with Crippen LogP contribution in [0.1, 0.15) is 56.0 Å². The van der Waals surface area contributed by atoms with Gasteiger partial charge in [-0.05, 0) is 51.3 Å². The molecule has 2 aromatic rings. The summed E-state index contributed by atoms with van der Waals surface area (Å²) in [4.78, 5) is 29.4. The van der Waals surface area contributed by atoms with Crippen LogP contribution in [0.25, 0.3) is 0 Å². The Kier molecular flexibility index (Phi) is 6.58. The maximum Gasteiger partial charge on any atom is 0.343 e. The molecule has 0 radical (unpaired) electrons. The molecule has 4 rings (SSSR count). The lowest BCUT2D eigenvalue weighted by molar-refractivity contribution is -0.142. The van der Waals surface area contributed by atoms with Crippen molar-refractivity contribution in [2.45, 2.75) is 50.5 Å². The number of carbonyl (C=O) groups excluding carboxylic acids is 1. The lowest BCUT2D eigenvalue weighted by Gasteiger charge is -2.36. The van der Waals surface area contributed by atoms with Crippen molar-refractivity contribution in [3.8, 4) is 11.5 Å². The monoisotopic (exact) mass is 475 g/mol. The third-order valence-electron chi connectivity index (χ3n) is 5.85. The quantitative estimate of drug-likeness (QED) is 0.635. The standard InChI is InChI=1S/C23H29N3O6S/c1-13-24-21-19(22(28)25-26(21)15-8-9-32-23(2,3)11-15)20(33-13)14-6-7-16(29-4)17(10-14)31-12-18(27)30-5/h6-7,10,15,20H,8-9,11-12H2,1-5H3,(H,25,28)/t15-,20+/m0/s1. The number of esters is 1. The number of hydrogen-bond donors (Lipinski definition) is 1. The molecule has 2 atom stereocenters. The van der Waals surface area contributed by atoms with Gasteiger partial charge in [0.1, 0.15) is 0 Å². The predicted molar refractivity (Wildman–Crippen MR) is 126 cm³/mol. The van der Waals surface area contributed by atoms with Crippen molar-refractivity contribution in [3.05, 3.63) is 39.7 Å². The smallest absolute Gasteiger partial charge is 0.343 e. The van der Waals surface area contributed by atoms with Crippen LogP contribution in [0.3, 0.4) is 0 Å². The number of hydrogen-bond acceptors (Lipinski definition) is 8. The van der Waals surface area contributed by atoms with Gasteiger partial charge in [-0.25, -0.2) is 9.79 Å². The molecule has 33 heavy (non-hydrogen) atoms. The van der Waals surface area contributed by atoms with E-state index in [0.717, 1.165) is 23.4 Å². The summed E-state index contributed by atoms with van der Waals surface area (Å²) in [5.41, 5.74) is 1.04. The Hall–Kier alpha value is -2.72. The highest BCUT2D eigenvalue weighted by molar-refractivity contribution is 8.14. The maximum atomic E-state index is 13.1. The zero-order valence-corrected chi connectivity index (χ0v) is 20.3. The van der Waals surface area contributed by atoms with Crippen LogP contribution in [0.2, 0.25) is 0 Å². The molecule has 0 spiro atoms. The van der Waals surface area contributed by atoms with Gasteiger partial charge in [-0.2, -0.15) is 0 Å². The van der Waals surface area contributed by atoms with Crippen molar-refractivity contribution in [2.24, 2.45) is 4.99 Å². The van der Waals surface area contributed by atoms with Gasteiger partial charge in [0.25, 0.3) is 5.56 Å². The Morgan fingerprint density at radius 3 is 2.82 bits per heavy atom. The average molecular weight is 476 g/mol. The lowest BCUT2D eigenvalue weighted by atomic mass is 9.94. The van der Waals surface area contributed by atoms with Gasteiger partial charge in [-0.1, -0.05) is 17.8 Å². The van der Waals surface area contributed by atoms with Gasteiger partial charge < -0.3 is 18.9 Å². The Balaban J connectivity index is 1.72. The zero-order chi connectivity index (χ0) is 23.8. The van der Waals surface area contributed by atoms with Crippen molar-refractivity contribution >= 4 is 28.6 Å². The van der Waals surface area contributed by atoms with E-state index >= 15 is 0 Å². The Morgan fingerprint density at radius 1 is 1.33 bits per heavy atom. The van der Waals surface area contributed by atoms with E-state index in [9.17, 15) is 9.59 Å². The van der Waals surface area contributed by atoms with Gasteiger partial charge in [-0.3, -0.25) is 14.6 Å². The van der Waals surface area contributed by atoms with Gasteiger partial charge in [0, 0.05) is 6.61 Å². The first kappa shape index (κ1) is 23.4. The van der Waals surface area contributed by atoms with Crippen molar-refractivity contribution in [2.75, 3.05) is 27.4 Å². The van der Waals surface area contributed by atoms with Gasteiger partial charge in [0.2, 0.25) is 0 Å². The summed E-state index contributed by atoms with van der Waals surface area (Å²) in [5.74, 6) is 1.07. The first-order chi connectivity index (χ1) is 15.7. The molecule has 1 N–H and O–H groups in total. The van der Waals surface area contributed by atoms with Crippen LogP contribution < -0.4 is 15.0 Å². The molecule has 1 aromatic heterocycles. The highest BCUT2D eigenvalue weighted by Crippen LogP contribution is 2.46. The van der Waals surface area contributed by atoms with E-state index in [4.69, 9.17) is 19.2 Å². The molecule has 3 heterocycles. The number of aromatic amines is 1. The normalized spacial score (nSPS) is 21.7. The Bertz CT molecular complexity index is 1140. The molecule has 178 valence electrons. The maximum absolute atomic E-state index is 13.1. The molecular weight excluding hydrogens is 446 g/mol. The van der Waals surface area contributed by atoms with Crippen LogP contribution >= 0.6 is 11.8 Å². The zero-order valence-electron chi connectivity index (χ0n) is 19.5. The molecule has 0 unspecified atom stereocenters. The van der Waals surface area contributed by atoms with Crippen LogP contribution in [0.15, 0.2) is 28.0 Å². The lowest BCUT2D eigenvalue weighted by Crippen LogP contribution is -2.35. The van der Waals surface area contributed by atoms with Gasteiger partial charge in [0.05, 0.1) is 41.7 Å². The van der Waals surface area contributed by atoms with E-state index in [0.29, 0.717) is 29.5 Å². The highest BCUT2D eigenvalue weighted by atomic mass is 32.2. The topological polar surface area (TPSA) is 104 Å². The highest BCUT2D eigenvalue weighted by Gasteiger charge is 2.36. The molecule has 2 aliphatic rings. The minimum absolute atomic E-state index is 0.0975. The fourth-order valence-corrected chi connectivity index (χ4v) is 5.39. The van der Waals surface area contributed by atoms with Gasteiger partial charge in [-0.15, -0.1) is 0 Å². The molecule has 0 saturated carbocycles. The van der Waals surface area contributed by atoms with E-state index < -0.39 is 5.97 Å². The number of ether oxygens (including phenoxy) is 4. The van der Waals surface area contributed by atoms with E-state index in [2.05, 4.69) is 23.7 Å². The minimum Gasteiger partial charge on any atom is -0.493 e. The van der Waals surface area contributed by atoms with Crippen molar-refractivity contribution < 1.29 is 23.7 Å². The van der Waals surface area contributed by atoms with Crippen molar-refractivity contribution in [1.82, 2.24) is 9.78 Å². The van der Waals surface area contributed by atoms with Crippen LogP contribution in [0, 0.1) is 0 Å². The molecule has 9 nitrogen and oxygen atoms in total. The summed E-state index contributed by atoms with van der Waals surface area (Å²) in [5, 5.41) is 3.62. The number of rotatable bonds is 6. The Labute approximate surface area is 196 Å². The third kappa shape index (κ3) is 4.81. The number of aromatic nitrogens is 2. The minimum atomic E-state index is -0.493. The number of fused-ring (bicyclic) bond motifs is 1. The molecule has 0 aliphatic carbocycles. The van der Waals surface area contributed by atoms with E-state index in [1.54, 1.807) is 12.1 Å². The van der Waals surface area contributed by atoms with E-state index in [1.807, 2.05) is 17.7 Å². The molecule has 10 heteroatoms. The fraction of sp³-hybridized carbons (Fsp3) is 0.522. The fourth-order valence-electron chi connectivity index (χ4n) is 4.29. The second-order valence-electron chi connectivity index (χ2n) is 8.71. The van der Waals surface area contributed by atoms with Crippen LogP contribution in [0.5, 0.6) is 11.5 Å². The number of aliphatic imine (C=N–C) groups is 1. The molecule has 0 amide bonds. The number of nitrogens with zero attached hydrogens (tertiary/aromatic N) is 2. The number of nitrogens with one attached hydrogen (secondary N) is 1. The molecular formula is C23H29N3O6S. The van der Waals surface area contributed by atoms with Crippen LogP contribution in [-0.4, -0.2) is 53.8 Å². The van der Waals surface area contributed by atoms with Crippen LogP contribution in [-0.2, 0) is 14.3 Å². The second-order valence-corrected chi connectivity index (χ2v) is 10.0. The molecule has 1 saturated heterocycles. The van der Waals surface area contributed by atoms with Crippen molar-refractivity contribution in [3.63, 3.8) is 0 Å². The summed E-state index contributed by atoms with van der Waals surface area (Å²) in [6.07, 6.45) is 1.59. The van der Waals surface area contributed by atoms with E-state index in [1.165, 1.54) is 26.0 Å². The summed E-state index contributed by atoms with van der Waals surface area (Å²) < 4.78 is 23.4. The predicted octanol–water partition coefficient (Wildman–Crippen LogP) is 3.75. The summed E-state index contributed by atoms with van der Waals surface area (Å²) in [7, 11) is 2.84. The van der Waals surface area contributed by atoms with Gasteiger partial charge in [0.15, 0.2) is 23.9 Å². The number of carbonyl (C=O) groups is 1. The number of benzene rings is 1. The largest absolute Gasteiger partial charge is 0.493 e. The van der Waals surface area contributed by atoms with Crippen molar-refractivity contribution in [1.29, 1.82) is 0 Å². The summed E-state index contributed by atoms with van der Waals surface area (Å²) >= 11 is 1.51. The van der Waals surface area contributed by atoms with Gasteiger partial charge >= 0.3 is 5.97 Å². The summed E-state index contributed by atoms with van der Waals surface area (Å²) in [6.45, 7) is 6.46. The molecule has 1 aromatic carbocycles. The number of methoxy groups -OCH3 is 2. The molecule has 2 aliphatic heterocycles. The van der Waals surface area contributed by atoms with Crippen LogP contribution in [0.4, 0.5) is 5.82 Å².